The van der Waals surface area contributed by atoms with Crippen LogP contribution in [0.25, 0.3) is 10.8 Å². The van der Waals surface area contributed by atoms with Crippen LogP contribution in [0.4, 0.5) is 18.9 Å². The summed E-state index contributed by atoms with van der Waals surface area (Å²) in [4.78, 5) is 0. The molecule has 2 rings (SSSR count). The summed E-state index contributed by atoms with van der Waals surface area (Å²) in [7, 11) is 0. The number of fused-ring (bicyclic) bond motifs is 1. The first-order valence-corrected chi connectivity index (χ1v) is 5.87. The van der Waals surface area contributed by atoms with E-state index >= 15 is 0 Å². The molecule has 0 fully saturated rings. The van der Waals surface area contributed by atoms with E-state index < -0.39 is 23.7 Å². The molecule has 0 saturated heterocycles. The maximum Gasteiger partial charge on any atom is 0.387 e. The summed E-state index contributed by atoms with van der Waals surface area (Å²) < 4.78 is 43.3. The van der Waals surface area contributed by atoms with E-state index in [1.807, 2.05) is 0 Å². The van der Waals surface area contributed by atoms with E-state index in [0.717, 1.165) is 6.07 Å². The van der Waals surface area contributed by atoms with Crippen LogP contribution in [0.1, 0.15) is 18.1 Å². The Morgan fingerprint density at radius 3 is 2.60 bits per heavy atom. The summed E-state index contributed by atoms with van der Waals surface area (Å²) in [5.74, 6) is -1.35. The third-order valence-corrected chi connectivity index (χ3v) is 2.95. The molecule has 2 aromatic carbocycles. The van der Waals surface area contributed by atoms with Gasteiger partial charge in [0.1, 0.15) is 17.4 Å². The second-order valence-corrected chi connectivity index (χ2v) is 4.18. The van der Waals surface area contributed by atoms with Crippen molar-refractivity contribution in [2.24, 2.45) is 0 Å². The highest BCUT2D eigenvalue weighted by molar-refractivity contribution is 5.95. The first kappa shape index (κ1) is 14.0. The first-order chi connectivity index (χ1) is 9.47. The molecule has 0 aliphatic heterocycles. The fraction of sp³-hybridized carbons (Fsp3) is 0.214. The topological polar surface area (TPSA) is 59.0 Å². The number of nitrogen functional groups attached to an aromatic ring is 1. The Morgan fingerprint density at radius 2 is 2.05 bits per heavy atom. The van der Waals surface area contributed by atoms with Gasteiger partial charge in [0.2, 0.25) is 0 Å². The second kappa shape index (κ2) is 5.29. The minimum Gasteiger partial charge on any atom is -0.433 e. The van der Waals surface area contributed by atoms with Gasteiger partial charge in [0.15, 0.2) is 5.75 Å². The SMILES string of the molecule is CCc1cc(N)cc2cc(F)c(C#N)c(OC(F)F)c12. The van der Waals surface area contributed by atoms with Crippen molar-refractivity contribution < 1.29 is 17.9 Å². The highest BCUT2D eigenvalue weighted by atomic mass is 19.3. The lowest BCUT2D eigenvalue weighted by Crippen LogP contribution is -2.06. The molecule has 0 unspecified atom stereocenters. The summed E-state index contributed by atoms with van der Waals surface area (Å²) in [6.07, 6.45) is 0.484. The summed E-state index contributed by atoms with van der Waals surface area (Å²) in [6.45, 7) is -1.34. The number of rotatable bonds is 3. The van der Waals surface area contributed by atoms with Gasteiger partial charge in [-0.05, 0) is 35.6 Å². The number of benzene rings is 2. The Balaban J connectivity index is 2.91. The predicted octanol–water partition coefficient (Wildman–Crippen LogP) is 3.60. The number of ether oxygens (including phenoxy) is 1. The average molecular weight is 280 g/mol. The monoisotopic (exact) mass is 280 g/mol. The summed E-state index contributed by atoms with van der Waals surface area (Å²) >= 11 is 0. The molecule has 0 aliphatic carbocycles. The molecule has 0 aromatic heterocycles. The summed E-state index contributed by atoms with van der Waals surface area (Å²) in [6, 6.07) is 5.71. The van der Waals surface area contributed by atoms with Gasteiger partial charge >= 0.3 is 6.61 Å². The molecule has 0 heterocycles. The van der Waals surface area contributed by atoms with E-state index in [1.165, 1.54) is 6.07 Å². The standard InChI is InChI=1S/C14H11F3N2O/c1-2-7-3-9(19)4-8-5-11(15)10(6-18)13(12(7)8)20-14(16)17/h3-5,14H,2,19H2,1H3. The fourth-order valence-corrected chi connectivity index (χ4v) is 2.18. The van der Waals surface area contributed by atoms with Crippen LogP contribution < -0.4 is 10.5 Å². The van der Waals surface area contributed by atoms with Gasteiger partial charge in [-0.25, -0.2) is 4.39 Å². The molecule has 6 heteroatoms. The minimum atomic E-state index is -3.14. The van der Waals surface area contributed by atoms with Gasteiger partial charge < -0.3 is 10.5 Å². The molecule has 0 aliphatic rings. The lowest BCUT2D eigenvalue weighted by molar-refractivity contribution is -0.0491. The van der Waals surface area contributed by atoms with E-state index in [1.54, 1.807) is 19.1 Å². The van der Waals surface area contributed by atoms with Gasteiger partial charge in [-0.2, -0.15) is 14.0 Å². The molecule has 0 atom stereocenters. The van der Waals surface area contributed by atoms with Gasteiger partial charge in [-0.1, -0.05) is 6.92 Å². The zero-order chi connectivity index (χ0) is 14.9. The summed E-state index contributed by atoms with van der Waals surface area (Å²) in [5.41, 5.74) is 6.17. The Hall–Kier alpha value is -2.42. The van der Waals surface area contributed by atoms with Gasteiger partial charge in [-0.3, -0.25) is 0 Å². The number of aryl methyl sites for hydroxylation is 1. The number of alkyl halides is 2. The van der Waals surface area contributed by atoms with Crippen LogP contribution in [0.2, 0.25) is 0 Å². The van der Waals surface area contributed by atoms with Gasteiger partial charge in [0.25, 0.3) is 0 Å². The number of nitrogens with two attached hydrogens (primary N) is 1. The number of nitrogens with zero attached hydrogens (tertiary/aromatic N) is 1. The maximum atomic E-state index is 13.8. The highest BCUT2D eigenvalue weighted by Crippen LogP contribution is 2.36. The molecule has 0 bridgehead atoms. The van der Waals surface area contributed by atoms with Crippen LogP contribution in [0, 0.1) is 17.1 Å². The van der Waals surface area contributed by atoms with Crippen LogP contribution in [0.15, 0.2) is 18.2 Å². The van der Waals surface area contributed by atoms with Crippen molar-refractivity contribution in [1.82, 2.24) is 0 Å². The number of hydrogen-bond donors (Lipinski definition) is 1. The molecule has 0 amide bonds. The van der Waals surface area contributed by atoms with E-state index in [2.05, 4.69) is 4.74 Å². The molecule has 3 nitrogen and oxygen atoms in total. The molecule has 20 heavy (non-hydrogen) atoms. The summed E-state index contributed by atoms with van der Waals surface area (Å²) in [5, 5.41) is 9.57. The smallest absolute Gasteiger partial charge is 0.387 e. The number of halogens is 3. The van der Waals surface area contributed by atoms with Gasteiger partial charge in [-0.15, -0.1) is 0 Å². The van der Waals surface area contributed by atoms with Crippen molar-refractivity contribution in [2.75, 3.05) is 5.73 Å². The van der Waals surface area contributed by atoms with Crippen LogP contribution in [-0.4, -0.2) is 6.61 Å². The van der Waals surface area contributed by atoms with Crippen LogP contribution in [0.3, 0.4) is 0 Å². The van der Waals surface area contributed by atoms with Crippen molar-refractivity contribution in [3.05, 3.63) is 35.1 Å². The van der Waals surface area contributed by atoms with E-state index in [4.69, 9.17) is 11.0 Å². The van der Waals surface area contributed by atoms with Crippen molar-refractivity contribution in [3.63, 3.8) is 0 Å². The fourth-order valence-electron chi connectivity index (χ4n) is 2.18. The molecule has 0 radical (unpaired) electrons. The van der Waals surface area contributed by atoms with E-state index in [0.29, 0.717) is 28.4 Å². The van der Waals surface area contributed by atoms with Crippen LogP contribution in [0.5, 0.6) is 5.75 Å². The minimum absolute atomic E-state index is 0.292. The van der Waals surface area contributed by atoms with E-state index in [-0.39, 0.29) is 0 Å². The van der Waals surface area contributed by atoms with Gasteiger partial charge in [0, 0.05) is 11.1 Å². The molecular formula is C14H11F3N2O. The van der Waals surface area contributed by atoms with Crippen molar-refractivity contribution >= 4 is 16.5 Å². The lowest BCUT2D eigenvalue weighted by atomic mass is 9.98. The quantitative estimate of drug-likeness (QED) is 0.874. The predicted molar refractivity (Wildman–Crippen MR) is 69.0 cm³/mol. The van der Waals surface area contributed by atoms with Crippen molar-refractivity contribution in [1.29, 1.82) is 5.26 Å². The molecule has 104 valence electrons. The third kappa shape index (κ3) is 2.35. The lowest BCUT2D eigenvalue weighted by Gasteiger charge is -2.14. The molecule has 0 saturated carbocycles. The molecule has 2 aromatic rings. The Morgan fingerprint density at radius 1 is 1.35 bits per heavy atom. The Labute approximate surface area is 113 Å². The maximum absolute atomic E-state index is 13.8. The Kier molecular flexibility index (Phi) is 3.70. The molecule has 2 N–H and O–H groups in total. The van der Waals surface area contributed by atoms with E-state index in [9.17, 15) is 13.2 Å². The average Bonchev–Trinajstić information content (AvgIpc) is 2.36. The Bertz CT molecular complexity index is 708. The largest absolute Gasteiger partial charge is 0.433 e. The molecular weight excluding hydrogens is 269 g/mol. The zero-order valence-corrected chi connectivity index (χ0v) is 10.6. The van der Waals surface area contributed by atoms with Crippen molar-refractivity contribution in [2.45, 2.75) is 20.0 Å². The second-order valence-electron chi connectivity index (χ2n) is 4.18. The zero-order valence-electron chi connectivity index (χ0n) is 10.6. The molecule has 0 spiro atoms. The normalized spacial score (nSPS) is 10.8. The highest BCUT2D eigenvalue weighted by Gasteiger charge is 2.20. The third-order valence-electron chi connectivity index (χ3n) is 2.95. The first-order valence-electron chi connectivity index (χ1n) is 5.87. The number of hydrogen-bond acceptors (Lipinski definition) is 3. The van der Waals surface area contributed by atoms with Gasteiger partial charge in [0.05, 0.1) is 0 Å². The number of anilines is 1. The van der Waals surface area contributed by atoms with Crippen molar-refractivity contribution in [3.8, 4) is 11.8 Å². The van der Waals surface area contributed by atoms with Crippen LogP contribution >= 0.6 is 0 Å². The number of nitriles is 1. The van der Waals surface area contributed by atoms with Crippen LogP contribution in [-0.2, 0) is 6.42 Å².